The van der Waals surface area contributed by atoms with Crippen LogP contribution >= 0.6 is 0 Å². The van der Waals surface area contributed by atoms with Crippen LogP contribution in [-0.4, -0.2) is 31.9 Å². The van der Waals surface area contributed by atoms with Crippen LogP contribution in [0.4, 0.5) is 0 Å². The molecule has 0 amide bonds. The summed E-state index contributed by atoms with van der Waals surface area (Å²) in [6.07, 6.45) is 4.99. The summed E-state index contributed by atoms with van der Waals surface area (Å²) in [5, 5.41) is 0. The maximum absolute atomic E-state index is 13.2. The van der Waals surface area contributed by atoms with Gasteiger partial charge in [-0.25, -0.2) is 0 Å². The van der Waals surface area contributed by atoms with Gasteiger partial charge in [-0.15, -0.1) is 0 Å². The van der Waals surface area contributed by atoms with Gasteiger partial charge in [0.25, 0.3) is 0 Å². The second kappa shape index (κ2) is 6.82. The molecule has 0 aliphatic heterocycles. The van der Waals surface area contributed by atoms with E-state index < -0.39 is 17.4 Å². The van der Waals surface area contributed by atoms with E-state index in [4.69, 9.17) is 9.47 Å². The summed E-state index contributed by atoms with van der Waals surface area (Å²) in [4.78, 5) is 37.9. The second-order valence-corrected chi connectivity index (χ2v) is 6.77. The lowest BCUT2D eigenvalue weighted by Gasteiger charge is -2.24. The van der Waals surface area contributed by atoms with Gasteiger partial charge in [0, 0.05) is 11.8 Å². The summed E-state index contributed by atoms with van der Waals surface area (Å²) < 4.78 is 9.74. The summed E-state index contributed by atoms with van der Waals surface area (Å²) >= 11 is 0. The molecule has 0 aromatic heterocycles. The van der Waals surface area contributed by atoms with Gasteiger partial charge in [-0.1, -0.05) is 42.5 Å². The Kier molecular flexibility index (Phi) is 4.75. The van der Waals surface area contributed by atoms with Gasteiger partial charge in [0.2, 0.25) is 0 Å². The first kappa shape index (κ1) is 17.4. The Labute approximate surface area is 147 Å². The number of methoxy groups -OCH3 is 2. The summed E-state index contributed by atoms with van der Waals surface area (Å²) in [5.41, 5.74) is -0.427. The molecular weight excluding hydrogens is 320 g/mol. The van der Waals surface area contributed by atoms with E-state index in [1.807, 2.05) is 42.5 Å². The Morgan fingerprint density at radius 3 is 2.28 bits per heavy atom. The van der Waals surface area contributed by atoms with Gasteiger partial charge in [0.15, 0.2) is 5.41 Å². The third kappa shape index (κ3) is 2.88. The minimum atomic E-state index is -1.39. The first-order valence-electron chi connectivity index (χ1n) is 8.45. The van der Waals surface area contributed by atoms with Gasteiger partial charge in [-0.05, 0) is 30.7 Å². The van der Waals surface area contributed by atoms with Crippen molar-refractivity contribution < 1.29 is 23.9 Å². The molecule has 0 saturated heterocycles. The topological polar surface area (TPSA) is 69.7 Å². The maximum Gasteiger partial charge on any atom is 0.323 e. The zero-order valence-corrected chi connectivity index (χ0v) is 14.4. The molecule has 5 nitrogen and oxygen atoms in total. The third-order valence-corrected chi connectivity index (χ3v) is 5.49. The number of hydrogen-bond acceptors (Lipinski definition) is 5. The van der Waals surface area contributed by atoms with E-state index in [1.165, 1.54) is 14.2 Å². The van der Waals surface area contributed by atoms with Crippen LogP contribution in [0.5, 0.6) is 0 Å². The van der Waals surface area contributed by atoms with Crippen molar-refractivity contribution in [3.05, 3.63) is 48.0 Å². The lowest BCUT2D eigenvalue weighted by Crippen LogP contribution is -2.39. The molecule has 0 heterocycles. The normalized spacial score (nSPS) is 27.3. The molecule has 0 unspecified atom stereocenters. The molecule has 0 spiro atoms. The number of benzene rings is 1. The molecule has 3 atom stereocenters. The van der Waals surface area contributed by atoms with Crippen LogP contribution in [0.3, 0.4) is 0 Å². The molecule has 0 bridgehead atoms. The van der Waals surface area contributed by atoms with Gasteiger partial charge < -0.3 is 9.47 Å². The summed E-state index contributed by atoms with van der Waals surface area (Å²) in [5.74, 6) is -1.95. The van der Waals surface area contributed by atoms with Crippen molar-refractivity contribution in [1.29, 1.82) is 0 Å². The van der Waals surface area contributed by atoms with Crippen LogP contribution < -0.4 is 0 Å². The summed E-state index contributed by atoms with van der Waals surface area (Å²) in [7, 11) is 2.51. The monoisotopic (exact) mass is 342 g/mol. The first-order chi connectivity index (χ1) is 12.0. The fourth-order valence-electron chi connectivity index (χ4n) is 4.23. The molecule has 1 fully saturated rings. The number of ketones is 1. The number of rotatable bonds is 3. The number of fused-ring (bicyclic) bond motifs is 1. The summed E-state index contributed by atoms with van der Waals surface area (Å²) in [6.45, 7) is 0. The number of esters is 2. The maximum atomic E-state index is 13.2. The molecule has 3 rings (SSSR count). The minimum absolute atomic E-state index is 0.0795. The van der Waals surface area contributed by atoms with E-state index in [1.54, 1.807) is 0 Å². The molecule has 1 aromatic rings. The van der Waals surface area contributed by atoms with Gasteiger partial charge in [-0.2, -0.15) is 0 Å². The number of allylic oxidation sites excluding steroid dienone is 2. The molecule has 0 radical (unpaired) electrons. The highest BCUT2D eigenvalue weighted by atomic mass is 16.5. The second-order valence-electron chi connectivity index (χ2n) is 6.77. The van der Waals surface area contributed by atoms with Crippen LogP contribution in [0.25, 0.3) is 0 Å². The Morgan fingerprint density at radius 2 is 1.68 bits per heavy atom. The number of Topliss-reactive ketones (excluding diaryl/α,β-unsaturated/α-hetero) is 1. The molecule has 1 saturated carbocycles. The average Bonchev–Trinajstić information content (AvgIpc) is 2.98. The SMILES string of the molecule is COC(=O)C1(C(=O)OC)C[C@H]2C=CC[C@H](c3ccccc3)C(=O)[C@@H]2C1. The molecular formula is C20H22O5. The first-order valence-corrected chi connectivity index (χ1v) is 8.45. The Morgan fingerprint density at radius 1 is 1.04 bits per heavy atom. The highest BCUT2D eigenvalue weighted by Gasteiger charge is 2.59. The lowest BCUT2D eigenvalue weighted by atomic mass is 9.81. The van der Waals surface area contributed by atoms with E-state index in [-0.39, 0.29) is 36.4 Å². The molecule has 2 aliphatic carbocycles. The predicted molar refractivity (Wildman–Crippen MR) is 90.6 cm³/mol. The zero-order valence-electron chi connectivity index (χ0n) is 14.4. The van der Waals surface area contributed by atoms with E-state index in [9.17, 15) is 14.4 Å². The smallest absolute Gasteiger partial charge is 0.323 e. The van der Waals surface area contributed by atoms with Crippen molar-refractivity contribution in [2.75, 3.05) is 14.2 Å². The Balaban J connectivity index is 1.95. The van der Waals surface area contributed by atoms with Gasteiger partial charge >= 0.3 is 11.9 Å². The Bertz CT molecular complexity index is 690. The van der Waals surface area contributed by atoms with Crippen molar-refractivity contribution in [3.63, 3.8) is 0 Å². The lowest BCUT2D eigenvalue weighted by molar-refractivity contribution is -0.169. The van der Waals surface area contributed by atoms with E-state index in [0.717, 1.165) is 5.56 Å². The van der Waals surface area contributed by atoms with Gasteiger partial charge in [0.05, 0.1) is 14.2 Å². The molecule has 2 aliphatic rings. The van der Waals surface area contributed by atoms with E-state index in [0.29, 0.717) is 6.42 Å². The molecule has 25 heavy (non-hydrogen) atoms. The van der Waals surface area contributed by atoms with Crippen molar-refractivity contribution in [1.82, 2.24) is 0 Å². The van der Waals surface area contributed by atoms with Gasteiger partial charge in [0.1, 0.15) is 5.78 Å². The fourth-order valence-corrected chi connectivity index (χ4v) is 4.23. The van der Waals surface area contributed by atoms with Crippen molar-refractivity contribution >= 4 is 17.7 Å². The van der Waals surface area contributed by atoms with Crippen LogP contribution in [0, 0.1) is 17.3 Å². The van der Waals surface area contributed by atoms with E-state index >= 15 is 0 Å². The highest BCUT2D eigenvalue weighted by Crippen LogP contribution is 2.51. The molecule has 0 N–H and O–H groups in total. The van der Waals surface area contributed by atoms with Crippen molar-refractivity contribution in [2.24, 2.45) is 17.3 Å². The number of carbonyl (C=O) groups excluding carboxylic acids is 3. The zero-order chi connectivity index (χ0) is 18.0. The van der Waals surface area contributed by atoms with Crippen LogP contribution in [0.15, 0.2) is 42.5 Å². The van der Waals surface area contributed by atoms with Gasteiger partial charge in [-0.3, -0.25) is 14.4 Å². The molecule has 5 heteroatoms. The van der Waals surface area contributed by atoms with Crippen LogP contribution in [0.2, 0.25) is 0 Å². The largest absolute Gasteiger partial charge is 0.468 e. The highest BCUT2D eigenvalue weighted by molar-refractivity contribution is 6.02. The predicted octanol–water partition coefficient (Wildman–Crippen LogP) is 2.66. The standard InChI is InChI=1S/C20H22O5/c1-24-18(22)20(19(23)25-2)11-14-9-6-10-15(17(21)16(14)12-20)13-7-4-3-5-8-13/h3-9,14-16H,10-12H2,1-2H3/t14-,15-,16-/m1/s1. The van der Waals surface area contributed by atoms with Crippen LogP contribution in [0.1, 0.15) is 30.7 Å². The fraction of sp³-hybridized carbons (Fsp3) is 0.450. The van der Waals surface area contributed by atoms with Crippen molar-refractivity contribution in [3.8, 4) is 0 Å². The third-order valence-electron chi connectivity index (χ3n) is 5.49. The van der Waals surface area contributed by atoms with E-state index in [2.05, 4.69) is 0 Å². The van der Waals surface area contributed by atoms with Crippen LogP contribution in [-0.2, 0) is 23.9 Å². The number of carbonyl (C=O) groups is 3. The molecule has 132 valence electrons. The molecule has 1 aromatic carbocycles. The summed E-state index contributed by atoms with van der Waals surface area (Å²) in [6, 6.07) is 9.63. The quantitative estimate of drug-likeness (QED) is 0.480. The minimum Gasteiger partial charge on any atom is -0.468 e. The number of ether oxygens (including phenoxy) is 2. The Hall–Kier alpha value is -2.43. The number of hydrogen-bond donors (Lipinski definition) is 0. The van der Waals surface area contributed by atoms with Crippen molar-refractivity contribution in [2.45, 2.75) is 25.2 Å². The average molecular weight is 342 g/mol.